The number of para-hydroxylation sites is 1. The highest BCUT2D eigenvalue weighted by Crippen LogP contribution is 2.24. The summed E-state index contributed by atoms with van der Waals surface area (Å²) in [5.74, 6) is -0.419. The van der Waals surface area contributed by atoms with Crippen LogP contribution >= 0.6 is 0 Å². The normalized spacial score (nSPS) is 21.6. The highest BCUT2D eigenvalue weighted by Gasteiger charge is 2.21. The minimum absolute atomic E-state index is 0.113. The molecule has 0 radical (unpaired) electrons. The highest BCUT2D eigenvalue weighted by atomic mass is 16.4. The number of nitrogens with one attached hydrogen (secondary N) is 2. The minimum Gasteiger partial charge on any atom is -0.478 e. The Bertz CT molecular complexity index is 542. The summed E-state index contributed by atoms with van der Waals surface area (Å²) < 4.78 is 0. The molecule has 0 aliphatic heterocycles. The van der Waals surface area contributed by atoms with E-state index >= 15 is 0 Å². The van der Waals surface area contributed by atoms with Gasteiger partial charge in [0.25, 0.3) is 0 Å². The van der Waals surface area contributed by atoms with Gasteiger partial charge in [-0.1, -0.05) is 31.9 Å². The molecule has 5 heteroatoms. The van der Waals surface area contributed by atoms with Crippen molar-refractivity contribution in [2.45, 2.75) is 45.6 Å². The average Bonchev–Trinajstić information content (AvgIpc) is 2.40. The first-order valence-corrected chi connectivity index (χ1v) is 7.37. The van der Waals surface area contributed by atoms with Crippen LogP contribution in [-0.4, -0.2) is 23.1 Å². The molecular weight excluding hydrogens is 268 g/mol. The van der Waals surface area contributed by atoms with Crippen LogP contribution < -0.4 is 10.6 Å². The molecule has 2 rings (SSSR count). The predicted octanol–water partition coefficient (Wildman–Crippen LogP) is 3.39. The SMILES string of the molecule is Cc1cccc(C(=O)O)c1NC(=O)NC1CCCC(C)C1. The second kappa shape index (κ2) is 6.61. The van der Waals surface area contributed by atoms with Crippen LogP contribution in [0.2, 0.25) is 0 Å². The Morgan fingerprint density at radius 1 is 1.29 bits per heavy atom. The summed E-state index contributed by atoms with van der Waals surface area (Å²) in [6.07, 6.45) is 4.29. The lowest BCUT2D eigenvalue weighted by Crippen LogP contribution is -2.40. The van der Waals surface area contributed by atoms with Gasteiger partial charge in [0.2, 0.25) is 0 Å². The number of aryl methyl sites for hydroxylation is 1. The van der Waals surface area contributed by atoms with Gasteiger partial charge in [0.15, 0.2) is 0 Å². The molecule has 21 heavy (non-hydrogen) atoms. The third-order valence-corrected chi connectivity index (χ3v) is 4.01. The Hall–Kier alpha value is -2.04. The van der Waals surface area contributed by atoms with Crippen molar-refractivity contribution in [2.75, 3.05) is 5.32 Å². The monoisotopic (exact) mass is 290 g/mol. The number of urea groups is 1. The molecule has 0 saturated heterocycles. The summed E-state index contributed by atoms with van der Waals surface area (Å²) in [5, 5.41) is 14.8. The van der Waals surface area contributed by atoms with Crippen molar-refractivity contribution in [3.63, 3.8) is 0 Å². The van der Waals surface area contributed by atoms with E-state index in [2.05, 4.69) is 17.6 Å². The van der Waals surface area contributed by atoms with Crippen molar-refractivity contribution >= 4 is 17.7 Å². The molecule has 2 unspecified atom stereocenters. The number of hydrogen-bond acceptors (Lipinski definition) is 2. The minimum atomic E-state index is -1.04. The van der Waals surface area contributed by atoms with Crippen molar-refractivity contribution in [1.82, 2.24) is 5.32 Å². The summed E-state index contributed by atoms with van der Waals surface area (Å²) in [6, 6.07) is 4.79. The fourth-order valence-electron chi connectivity index (χ4n) is 2.91. The largest absolute Gasteiger partial charge is 0.478 e. The Kier molecular flexibility index (Phi) is 4.83. The lowest BCUT2D eigenvalue weighted by Gasteiger charge is -2.27. The van der Waals surface area contributed by atoms with Gasteiger partial charge >= 0.3 is 12.0 Å². The molecule has 0 heterocycles. The van der Waals surface area contributed by atoms with Gasteiger partial charge in [-0.2, -0.15) is 0 Å². The van der Waals surface area contributed by atoms with Crippen LogP contribution in [0.1, 0.15) is 48.5 Å². The average molecular weight is 290 g/mol. The number of carboxylic acids is 1. The number of benzene rings is 1. The van der Waals surface area contributed by atoms with Gasteiger partial charge in [0, 0.05) is 6.04 Å². The fourth-order valence-corrected chi connectivity index (χ4v) is 2.91. The molecule has 1 aromatic rings. The molecule has 3 N–H and O–H groups in total. The molecule has 2 amide bonds. The Labute approximate surface area is 124 Å². The van der Waals surface area contributed by atoms with Crippen LogP contribution in [0, 0.1) is 12.8 Å². The molecule has 0 bridgehead atoms. The van der Waals surface area contributed by atoms with Crippen molar-refractivity contribution in [1.29, 1.82) is 0 Å². The molecular formula is C16H22N2O3. The first-order chi connectivity index (χ1) is 9.97. The van der Waals surface area contributed by atoms with Gasteiger partial charge in [-0.15, -0.1) is 0 Å². The Morgan fingerprint density at radius 2 is 2.05 bits per heavy atom. The maximum atomic E-state index is 12.1. The van der Waals surface area contributed by atoms with Gasteiger partial charge < -0.3 is 15.7 Å². The van der Waals surface area contributed by atoms with Crippen molar-refractivity contribution in [2.24, 2.45) is 5.92 Å². The van der Waals surface area contributed by atoms with Gasteiger partial charge in [-0.05, 0) is 37.3 Å². The number of carbonyl (C=O) groups excluding carboxylic acids is 1. The van der Waals surface area contributed by atoms with Crippen LogP contribution in [-0.2, 0) is 0 Å². The highest BCUT2D eigenvalue weighted by molar-refractivity contribution is 6.01. The molecule has 1 fully saturated rings. The number of hydrogen-bond donors (Lipinski definition) is 3. The van der Waals surface area contributed by atoms with E-state index in [0.717, 1.165) is 24.8 Å². The quantitative estimate of drug-likeness (QED) is 0.798. The number of rotatable bonds is 3. The molecule has 5 nitrogen and oxygen atoms in total. The second-order valence-electron chi connectivity index (χ2n) is 5.87. The summed E-state index contributed by atoms with van der Waals surface area (Å²) >= 11 is 0. The number of carboxylic acid groups (broad SMARTS) is 1. The van der Waals surface area contributed by atoms with E-state index in [9.17, 15) is 14.7 Å². The molecule has 2 atom stereocenters. The zero-order valence-corrected chi connectivity index (χ0v) is 12.5. The van der Waals surface area contributed by atoms with Crippen molar-refractivity contribution in [3.05, 3.63) is 29.3 Å². The lowest BCUT2D eigenvalue weighted by atomic mass is 9.87. The van der Waals surface area contributed by atoms with E-state index in [1.807, 2.05) is 0 Å². The second-order valence-corrected chi connectivity index (χ2v) is 5.87. The molecule has 1 aliphatic rings. The van der Waals surface area contributed by atoms with Crippen molar-refractivity contribution in [3.8, 4) is 0 Å². The van der Waals surface area contributed by atoms with Gasteiger partial charge in [0.1, 0.15) is 0 Å². The summed E-state index contributed by atoms with van der Waals surface area (Å²) in [6.45, 7) is 3.97. The molecule has 1 aromatic carbocycles. The molecule has 114 valence electrons. The Balaban J connectivity index is 2.04. The standard InChI is InChI=1S/C16H22N2O3/c1-10-5-3-7-12(9-10)17-16(21)18-14-11(2)6-4-8-13(14)15(19)20/h4,6,8,10,12H,3,5,7,9H2,1-2H3,(H,19,20)(H2,17,18,21). The predicted molar refractivity (Wildman–Crippen MR) is 81.7 cm³/mol. The first kappa shape index (κ1) is 15.4. The van der Waals surface area contributed by atoms with Crippen LogP contribution in [0.5, 0.6) is 0 Å². The van der Waals surface area contributed by atoms with E-state index in [1.165, 1.54) is 12.5 Å². The van der Waals surface area contributed by atoms with E-state index < -0.39 is 5.97 Å². The van der Waals surface area contributed by atoms with Gasteiger partial charge in [-0.25, -0.2) is 9.59 Å². The zero-order chi connectivity index (χ0) is 15.4. The zero-order valence-electron chi connectivity index (χ0n) is 12.5. The molecule has 0 aromatic heterocycles. The van der Waals surface area contributed by atoms with E-state index in [1.54, 1.807) is 19.1 Å². The third-order valence-electron chi connectivity index (χ3n) is 4.01. The number of aromatic carboxylic acids is 1. The van der Waals surface area contributed by atoms with Crippen molar-refractivity contribution < 1.29 is 14.7 Å². The van der Waals surface area contributed by atoms with Gasteiger partial charge in [-0.3, -0.25) is 0 Å². The maximum absolute atomic E-state index is 12.1. The topological polar surface area (TPSA) is 78.4 Å². The smallest absolute Gasteiger partial charge is 0.337 e. The lowest BCUT2D eigenvalue weighted by molar-refractivity contribution is 0.0698. The van der Waals surface area contributed by atoms with Crippen LogP contribution in [0.3, 0.4) is 0 Å². The van der Waals surface area contributed by atoms with E-state index in [4.69, 9.17) is 0 Å². The first-order valence-electron chi connectivity index (χ1n) is 7.37. The summed E-state index contributed by atoms with van der Waals surface area (Å²) in [4.78, 5) is 23.3. The maximum Gasteiger partial charge on any atom is 0.337 e. The summed E-state index contributed by atoms with van der Waals surface area (Å²) in [7, 11) is 0. The number of carbonyl (C=O) groups is 2. The molecule has 1 saturated carbocycles. The Morgan fingerprint density at radius 3 is 2.71 bits per heavy atom. The molecule has 1 aliphatic carbocycles. The number of anilines is 1. The summed E-state index contributed by atoms with van der Waals surface area (Å²) in [5.41, 5.74) is 1.22. The number of amides is 2. The van der Waals surface area contributed by atoms with Crippen LogP contribution in [0.25, 0.3) is 0 Å². The van der Waals surface area contributed by atoms with Crippen LogP contribution in [0.4, 0.5) is 10.5 Å². The third kappa shape index (κ3) is 3.97. The fraction of sp³-hybridized carbons (Fsp3) is 0.500. The van der Waals surface area contributed by atoms with E-state index in [-0.39, 0.29) is 17.6 Å². The molecule has 0 spiro atoms. The van der Waals surface area contributed by atoms with Gasteiger partial charge in [0.05, 0.1) is 11.3 Å². The van der Waals surface area contributed by atoms with E-state index in [0.29, 0.717) is 11.6 Å². The van der Waals surface area contributed by atoms with Crippen LogP contribution in [0.15, 0.2) is 18.2 Å².